The van der Waals surface area contributed by atoms with E-state index in [0.29, 0.717) is 10.6 Å². The number of aryl methyl sites for hydroxylation is 1. The number of aromatic hydroxyl groups is 1. The van der Waals surface area contributed by atoms with Crippen LogP contribution in [-0.4, -0.2) is 5.11 Å². The van der Waals surface area contributed by atoms with Crippen LogP contribution in [0, 0.1) is 25.2 Å². The van der Waals surface area contributed by atoms with Crippen molar-refractivity contribution in [1.82, 2.24) is 0 Å². The van der Waals surface area contributed by atoms with Crippen LogP contribution in [0.15, 0.2) is 6.07 Å². The number of nitriles is 1. The van der Waals surface area contributed by atoms with Gasteiger partial charge in [0, 0.05) is 0 Å². The van der Waals surface area contributed by atoms with E-state index < -0.39 is 5.41 Å². The maximum absolute atomic E-state index is 9.79. The van der Waals surface area contributed by atoms with Gasteiger partial charge in [0.05, 0.1) is 16.5 Å². The second-order valence-electron chi connectivity index (χ2n) is 4.27. The molecule has 0 radical (unpaired) electrons. The summed E-state index contributed by atoms with van der Waals surface area (Å²) in [6.45, 7) is 7.23. The molecule has 1 rings (SSSR count). The van der Waals surface area contributed by atoms with Crippen molar-refractivity contribution < 1.29 is 5.11 Å². The topological polar surface area (TPSA) is 44.0 Å². The van der Waals surface area contributed by atoms with Gasteiger partial charge in [0.15, 0.2) is 0 Å². The van der Waals surface area contributed by atoms with Crippen LogP contribution >= 0.6 is 11.6 Å². The molecule has 0 amide bonds. The lowest BCUT2D eigenvalue weighted by molar-refractivity contribution is 0.468. The van der Waals surface area contributed by atoms with Gasteiger partial charge in [0.1, 0.15) is 5.75 Å². The van der Waals surface area contributed by atoms with Crippen LogP contribution in [0.3, 0.4) is 0 Å². The average Bonchev–Trinajstić information content (AvgIpc) is 2.20. The molecule has 0 aliphatic rings. The normalized spacial score (nSPS) is 11.2. The third-order valence-corrected chi connectivity index (χ3v) is 3.10. The van der Waals surface area contributed by atoms with E-state index in [9.17, 15) is 5.11 Å². The first-order valence-corrected chi connectivity index (χ1v) is 5.09. The van der Waals surface area contributed by atoms with Gasteiger partial charge < -0.3 is 5.11 Å². The second kappa shape index (κ2) is 3.75. The first kappa shape index (κ1) is 11.9. The Kier molecular flexibility index (Phi) is 2.97. The zero-order chi connectivity index (χ0) is 11.8. The van der Waals surface area contributed by atoms with Gasteiger partial charge in [-0.1, -0.05) is 17.7 Å². The van der Waals surface area contributed by atoms with Crippen molar-refractivity contribution in [2.24, 2.45) is 0 Å². The first-order valence-electron chi connectivity index (χ1n) is 4.71. The lowest BCUT2D eigenvalue weighted by Gasteiger charge is -2.21. The predicted molar refractivity (Wildman–Crippen MR) is 61.2 cm³/mol. The van der Waals surface area contributed by atoms with Gasteiger partial charge in [-0.15, -0.1) is 0 Å². The molecule has 0 bridgehead atoms. The van der Waals surface area contributed by atoms with Gasteiger partial charge in [-0.05, 0) is 44.4 Å². The largest absolute Gasteiger partial charge is 0.506 e. The number of phenolic OH excluding ortho intramolecular Hbond substituents is 1. The quantitative estimate of drug-likeness (QED) is 0.793. The van der Waals surface area contributed by atoms with Crippen molar-refractivity contribution in [2.45, 2.75) is 33.1 Å². The highest BCUT2D eigenvalue weighted by molar-refractivity contribution is 6.32. The van der Waals surface area contributed by atoms with E-state index >= 15 is 0 Å². The Balaban J connectivity index is 3.54. The van der Waals surface area contributed by atoms with E-state index in [0.717, 1.165) is 11.1 Å². The van der Waals surface area contributed by atoms with Gasteiger partial charge >= 0.3 is 0 Å². The van der Waals surface area contributed by atoms with E-state index in [4.69, 9.17) is 16.9 Å². The smallest absolute Gasteiger partial charge is 0.137 e. The molecule has 1 aromatic carbocycles. The molecule has 0 unspecified atom stereocenters. The average molecular weight is 224 g/mol. The summed E-state index contributed by atoms with van der Waals surface area (Å²) in [4.78, 5) is 0. The predicted octanol–water partition coefficient (Wildman–Crippen LogP) is 3.46. The fourth-order valence-corrected chi connectivity index (χ4v) is 1.77. The van der Waals surface area contributed by atoms with E-state index in [2.05, 4.69) is 6.07 Å². The summed E-state index contributed by atoms with van der Waals surface area (Å²) in [7, 11) is 0. The molecule has 1 aromatic rings. The maximum Gasteiger partial charge on any atom is 0.137 e. The fourth-order valence-electron chi connectivity index (χ4n) is 1.58. The van der Waals surface area contributed by atoms with Crippen molar-refractivity contribution in [3.63, 3.8) is 0 Å². The molecule has 0 spiro atoms. The van der Waals surface area contributed by atoms with Crippen LogP contribution in [0.25, 0.3) is 0 Å². The molecule has 15 heavy (non-hydrogen) atoms. The Labute approximate surface area is 95.1 Å². The maximum atomic E-state index is 9.79. The Hall–Kier alpha value is -1.20. The zero-order valence-electron chi connectivity index (χ0n) is 9.35. The number of hydrogen-bond acceptors (Lipinski definition) is 2. The molecule has 0 saturated carbocycles. The van der Waals surface area contributed by atoms with E-state index in [1.807, 2.05) is 26.8 Å². The summed E-state index contributed by atoms with van der Waals surface area (Å²) in [5.41, 5.74) is 1.68. The third-order valence-electron chi connectivity index (χ3n) is 2.63. The minimum atomic E-state index is -0.614. The number of halogens is 1. The highest BCUT2D eigenvalue weighted by Crippen LogP contribution is 2.37. The van der Waals surface area contributed by atoms with Crippen LogP contribution in [0.2, 0.25) is 5.02 Å². The molecule has 80 valence electrons. The highest BCUT2D eigenvalue weighted by Gasteiger charge is 2.25. The van der Waals surface area contributed by atoms with Gasteiger partial charge in [0.25, 0.3) is 0 Å². The molecule has 2 nitrogen and oxygen atoms in total. The van der Waals surface area contributed by atoms with E-state index in [1.165, 1.54) is 0 Å². The van der Waals surface area contributed by atoms with Crippen molar-refractivity contribution >= 4 is 11.6 Å². The van der Waals surface area contributed by atoms with Crippen molar-refractivity contribution in [3.8, 4) is 11.8 Å². The van der Waals surface area contributed by atoms with Gasteiger partial charge in [0.2, 0.25) is 0 Å². The van der Waals surface area contributed by atoms with Crippen LogP contribution in [0.4, 0.5) is 0 Å². The van der Waals surface area contributed by atoms with Crippen LogP contribution in [-0.2, 0) is 5.41 Å². The summed E-state index contributed by atoms with van der Waals surface area (Å²) in [6.07, 6.45) is 0. The molecule has 0 heterocycles. The Bertz CT molecular complexity index is 444. The summed E-state index contributed by atoms with van der Waals surface area (Å²) in [6, 6.07) is 4.08. The zero-order valence-corrected chi connectivity index (χ0v) is 10.1. The number of rotatable bonds is 1. The highest BCUT2D eigenvalue weighted by atomic mass is 35.5. The van der Waals surface area contributed by atoms with Gasteiger partial charge in [-0.25, -0.2) is 0 Å². The molecule has 0 saturated heterocycles. The lowest BCUT2D eigenvalue weighted by Crippen LogP contribution is -2.16. The van der Waals surface area contributed by atoms with Crippen molar-refractivity contribution in [1.29, 1.82) is 5.26 Å². The molecule has 3 heteroatoms. The molecule has 1 N–H and O–H groups in total. The molecular formula is C12H14ClNO. The molecule has 0 aliphatic carbocycles. The number of phenols is 1. The SMILES string of the molecule is Cc1cc(C(C)(C)C#N)c(C)c(O)c1Cl. The van der Waals surface area contributed by atoms with Gasteiger partial charge in [-0.3, -0.25) is 0 Å². The molecule has 0 aliphatic heterocycles. The summed E-state index contributed by atoms with van der Waals surface area (Å²) < 4.78 is 0. The molecule has 0 atom stereocenters. The summed E-state index contributed by atoms with van der Waals surface area (Å²) >= 11 is 5.92. The second-order valence-corrected chi connectivity index (χ2v) is 4.64. The minimum absolute atomic E-state index is 0.0787. The summed E-state index contributed by atoms with van der Waals surface area (Å²) in [5.74, 6) is 0.0787. The molecule has 0 fully saturated rings. The monoisotopic (exact) mass is 223 g/mol. The number of benzene rings is 1. The van der Waals surface area contributed by atoms with Crippen molar-refractivity contribution in [2.75, 3.05) is 0 Å². The Morgan fingerprint density at radius 3 is 2.40 bits per heavy atom. The first-order chi connectivity index (χ1) is 6.81. The van der Waals surface area contributed by atoms with Crippen LogP contribution < -0.4 is 0 Å². The van der Waals surface area contributed by atoms with E-state index in [-0.39, 0.29) is 5.75 Å². The molecule has 0 aromatic heterocycles. The summed E-state index contributed by atoms with van der Waals surface area (Å²) in [5, 5.41) is 19.2. The van der Waals surface area contributed by atoms with Crippen LogP contribution in [0.5, 0.6) is 5.75 Å². The minimum Gasteiger partial charge on any atom is -0.506 e. The standard InChI is InChI=1S/C12H14ClNO/c1-7-5-9(12(3,4)6-14)8(2)11(15)10(7)13/h5,15H,1-4H3. The number of nitrogens with zero attached hydrogens (tertiary/aromatic N) is 1. The number of hydrogen-bond donors (Lipinski definition) is 1. The Morgan fingerprint density at radius 1 is 1.40 bits per heavy atom. The third kappa shape index (κ3) is 1.93. The lowest BCUT2D eigenvalue weighted by atomic mass is 9.82. The molecular weight excluding hydrogens is 210 g/mol. The van der Waals surface area contributed by atoms with Crippen LogP contribution in [0.1, 0.15) is 30.5 Å². The Morgan fingerprint density at radius 2 is 1.93 bits per heavy atom. The fraction of sp³-hybridized carbons (Fsp3) is 0.417. The van der Waals surface area contributed by atoms with Crippen molar-refractivity contribution in [3.05, 3.63) is 27.8 Å². The van der Waals surface area contributed by atoms with E-state index in [1.54, 1.807) is 6.92 Å². The van der Waals surface area contributed by atoms with Gasteiger partial charge in [-0.2, -0.15) is 5.26 Å².